The number of hydrogen-bond donors (Lipinski definition) is 0. The summed E-state index contributed by atoms with van der Waals surface area (Å²) < 4.78 is 14.4. The summed E-state index contributed by atoms with van der Waals surface area (Å²) in [7, 11) is 0. The first kappa shape index (κ1) is 25.8. The topological polar surface area (TPSA) is 52.4 Å². The van der Waals surface area contributed by atoms with Gasteiger partial charge in [-0.15, -0.1) is 0 Å². The Morgan fingerprint density at radius 2 is 1.52 bits per heavy atom. The first-order valence-corrected chi connectivity index (χ1v) is 14.1. The van der Waals surface area contributed by atoms with Gasteiger partial charge >= 0.3 is 0 Å². The Bertz CT molecular complexity index is 1510. The predicted molar refractivity (Wildman–Crippen MR) is 159 cm³/mol. The number of hydrogen-bond acceptors (Lipinski definition) is 5. The van der Waals surface area contributed by atoms with Crippen molar-refractivity contribution in [2.45, 2.75) is 25.9 Å². The zero-order chi connectivity index (χ0) is 27.0. The average Bonchev–Trinajstić information content (AvgIpc) is 3.52. The highest BCUT2D eigenvalue weighted by molar-refractivity contribution is 5.75. The van der Waals surface area contributed by atoms with E-state index in [0.717, 1.165) is 45.9 Å². The number of piperidine rings is 1. The van der Waals surface area contributed by atoms with Crippen molar-refractivity contribution in [3.8, 4) is 39.7 Å². The van der Waals surface area contributed by atoms with Crippen LogP contribution in [0.2, 0.25) is 0 Å². The highest BCUT2D eigenvalue weighted by atomic mass is 16.5. The van der Waals surface area contributed by atoms with Crippen molar-refractivity contribution < 1.29 is 9.47 Å². The van der Waals surface area contributed by atoms with Crippen molar-refractivity contribution in [1.29, 1.82) is 0 Å². The third-order valence-corrected chi connectivity index (χ3v) is 7.28. The smallest absolute Gasteiger partial charge is 0.223 e. The molecule has 0 radical (unpaired) electrons. The minimum atomic E-state index is 0.431. The van der Waals surface area contributed by atoms with Crippen LogP contribution in [-0.4, -0.2) is 45.9 Å². The molecule has 1 saturated heterocycles. The van der Waals surface area contributed by atoms with Crippen LogP contribution < -0.4 is 9.47 Å². The Hall–Kier alpha value is -4.42. The SMILES string of the molecule is c1ccc(COc2ncc(-c3cccc(OCCN4CCCCC4)c3)cc2-c2ccnn2-c2ccccc2)cc1. The maximum absolute atomic E-state index is 6.28. The second kappa shape index (κ2) is 12.6. The molecule has 1 fully saturated rings. The summed E-state index contributed by atoms with van der Waals surface area (Å²) in [5.74, 6) is 1.44. The Morgan fingerprint density at radius 3 is 2.35 bits per heavy atom. The molecule has 0 amide bonds. The number of likely N-dealkylation sites (tertiary alicyclic amines) is 1. The largest absolute Gasteiger partial charge is 0.492 e. The van der Waals surface area contributed by atoms with Crippen molar-refractivity contribution in [1.82, 2.24) is 19.7 Å². The molecule has 0 spiro atoms. The van der Waals surface area contributed by atoms with Crippen LogP contribution in [0.1, 0.15) is 24.8 Å². The number of nitrogens with zero attached hydrogens (tertiary/aromatic N) is 4. The number of pyridine rings is 1. The fourth-order valence-corrected chi connectivity index (χ4v) is 5.16. The van der Waals surface area contributed by atoms with Crippen LogP contribution in [0, 0.1) is 0 Å². The highest BCUT2D eigenvalue weighted by Gasteiger charge is 2.17. The second-order valence-corrected chi connectivity index (χ2v) is 10.1. The van der Waals surface area contributed by atoms with Crippen LogP contribution in [0.4, 0.5) is 0 Å². The first-order valence-electron chi connectivity index (χ1n) is 14.1. The molecule has 5 aromatic rings. The van der Waals surface area contributed by atoms with Gasteiger partial charge in [0.25, 0.3) is 0 Å². The molecular formula is C34H34N4O2. The quantitative estimate of drug-likeness (QED) is 0.194. The zero-order valence-corrected chi connectivity index (χ0v) is 22.7. The van der Waals surface area contributed by atoms with Crippen LogP contribution >= 0.6 is 0 Å². The van der Waals surface area contributed by atoms with E-state index in [2.05, 4.69) is 40.3 Å². The number of benzene rings is 3. The van der Waals surface area contributed by atoms with E-state index in [0.29, 0.717) is 19.1 Å². The van der Waals surface area contributed by atoms with Crippen molar-refractivity contribution in [2.75, 3.05) is 26.2 Å². The van der Waals surface area contributed by atoms with Gasteiger partial charge in [0, 0.05) is 18.3 Å². The zero-order valence-electron chi connectivity index (χ0n) is 22.7. The summed E-state index contributed by atoms with van der Waals surface area (Å²) in [5, 5.41) is 4.62. The lowest BCUT2D eigenvalue weighted by atomic mass is 10.0. The summed E-state index contributed by atoms with van der Waals surface area (Å²) in [4.78, 5) is 7.30. The molecule has 0 N–H and O–H groups in total. The van der Waals surface area contributed by atoms with Crippen molar-refractivity contribution in [3.63, 3.8) is 0 Å². The molecule has 6 rings (SSSR count). The van der Waals surface area contributed by atoms with Gasteiger partial charge in [-0.3, -0.25) is 4.90 Å². The normalized spacial score (nSPS) is 13.7. The molecule has 0 atom stereocenters. The number of ether oxygens (including phenoxy) is 2. The van der Waals surface area contributed by atoms with Gasteiger partial charge in [-0.25, -0.2) is 9.67 Å². The van der Waals surface area contributed by atoms with E-state index in [1.807, 2.05) is 83.8 Å². The Balaban J connectivity index is 1.28. The lowest BCUT2D eigenvalue weighted by Crippen LogP contribution is -2.33. The molecule has 3 aromatic carbocycles. The minimum absolute atomic E-state index is 0.431. The van der Waals surface area contributed by atoms with Crippen molar-refractivity contribution in [2.24, 2.45) is 0 Å². The van der Waals surface area contributed by atoms with Gasteiger partial charge in [0.1, 0.15) is 19.0 Å². The van der Waals surface area contributed by atoms with Crippen LogP contribution in [0.15, 0.2) is 109 Å². The predicted octanol–water partition coefficient (Wildman–Crippen LogP) is 7.05. The molecule has 2 aromatic heterocycles. The Labute approximate surface area is 235 Å². The maximum atomic E-state index is 6.28. The summed E-state index contributed by atoms with van der Waals surface area (Å²) in [6, 6.07) is 32.7. The van der Waals surface area contributed by atoms with Gasteiger partial charge in [0.2, 0.25) is 5.88 Å². The lowest BCUT2D eigenvalue weighted by Gasteiger charge is -2.26. The van der Waals surface area contributed by atoms with E-state index in [1.165, 1.54) is 32.4 Å². The van der Waals surface area contributed by atoms with E-state index in [9.17, 15) is 0 Å². The molecule has 6 nitrogen and oxygen atoms in total. The summed E-state index contributed by atoms with van der Waals surface area (Å²) >= 11 is 0. The van der Waals surface area contributed by atoms with E-state index in [-0.39, 0.29) is 0 Å². The highest BCUT2D eigenvalue weighted by Crippen LogP contribution is 2.35. The minimum Gasteiger partial charge on any atom is -0.492 e. The molecular weight excluding hydrogens is 496 g/mol. The van der Waals surface area contributed by atoms with E-state index in [1.54, 1.807) is 0 Å². The molecule has 40 heavy (non-hydrogen) atoms. The standard InChI is InChI=1S/C34H34N4O2/c1-4-11-27(12-5-1)26-40-34-32(33-17-18-36-38(33)30-14-6-2-7-15-30)24-29(25-35-34)28-13-10-16-31(23-28)39-22-21-37-19-8-3-9-20-37/h1-2,4-7,10-18,23-25H,3,8-9,19-22,26H2. The van der Waals surface area contributed by atoms with Gasteiger partial charge in [-0.05, 0) is 73.5 Å². The summed E-state index contributed by atoms with van der Waals surface area (Å²) in [6.07, 6.45) is 7.61. The molecule has 1 aliphatic rings. The van der Waals surface area contributed by atoms with E-state index < -0.39 is 0 Å². The molecule has 3 heterocycles. The fraction of sp³-hybridized carbons (Fsp3) is 0.235. The van der Waals surface area contributed by atoms with Gasteiger partial charge in [0.15, 0.2) is 0 Å². The first-order chi connectivity index (χ1) is 19.8. The molecule has 0 saturated carbocycles. The fourth-order valence-electron chi connectivity index (χ4n) is 5.16. The third-order valence-electron chi connectivity index (χ3n) is 7.28. The monoisotopic (exact) mass is 530 g/mol. The maximum Gasteiger partial charge on any atom is 0.223 e. The third kappa shape index (κ3) is 6.24. The lowest BCUT2D eigenvalue weighted by molar-refractivity contribution is 0.183. The second-order valence-electron chi connectivity index (χ2n) is 10.1. The van der Waals surface area contributed by atoms with Crippen LogP contribution in [0.3, 0.4) is 0 Å². The van der Waals surface area contributed by atoms with Gasteiger partial charge in [0.05, 0.1) is 23.1 Å². The van der Waals surface area contributed by atoms with Gasteiger partial charge in [-0.2, -0.15) is 5.10 Å². The Morgan fingerprint density at radius 1 is 0.725 bits per heavy atom. The molecule has 0 bridgehead atoms. The van der Waals surface area contributed by atoms with Crippen LogP contribution in [0.5, 0.6) is 11.6 Å². The van der Waals surface area contributed by atoms with E-state index in [4.69, 9.17) is 14.5 Å². The molecule has 0 aliphatic carbocycles. The Kier molecular flexibility index (Phi) is 8.15. The van der Waals surface area contributed by atoms with E-state index >= 15 is 0 Å². The molecule has 202 valence electrons. The number of rotatable bonds is 10. The van der Waals surface area contributed by atoms with Crippen LogP contribution in [-0.2, 0) is 6.61 Å². The summed E-state index contributed by atoms with van der Waals surface area (Å²) in [6.45, 7) is 4.44. The van der Waals surface area contributed by atoms with Crippen molar-refractivity contribution >= 4 is 0 Å². The number of aromatic nitrogens is 3. The van der Waals surface area contributed by atoms with Crippen LogP contribution in [0.25, 0.3) is 28.1 Å². The molecule has 6 heteroatoms. The van der Waals surface area contributed by atoms with Gasteiger partial charge in [-0.1, -0.05) is 67.1 Å². The number of para-hydroxylation sites is 1. The molecule has 0 unspecified atom stereocenters. The van der Waals surface area contributed by atoms with Crippen molar-refractivity contribution in [3.05, 3.63) is 115 Å². The van der Waals surface area contributed by atoms with Gasteiger partial charge < -0.3 is 9.47 Å². The average molecular weight is 531 g/mol. The summed E-state index contributed by atoms with van der Waals surface area (Å²) in [5.41, 5.74) is 5.90. The molecule has 1 aliphatic heterocycles.